The summed E-state index contributed by atoms with van der Waals surface area (Å²) in [4.78, 5) is 12.3. The predicted molar refractivity (Wildman–Crippen MR) is 65.1 cm³/mol. The molecule has 0 aliphatic carbocycles. The lowest BCUT2D eigenvalue weighted by Crippen LogP contribution is -2.11. The van der Waals surface area contributed by atoms with Crippen molar-refractivity contribution in [1.82, 2.24) is 0 Å². The van der Waals surface area contributed by atoms with Gasteiger partial charge in [-0.1, -0.05) is 13.3 Å². The highest BCUT2D eigenvalue weighted by Crippen LogP contribution is 2.19. The fourth-order valence-electron chi connectivity index (χ4n) is 1.07. The standard InChI is InChI=1S/C12H16O3S/c1-3-4-9-14-12(13)15-10-5-7-11(16-2)8-6-10/h5-8H,3-4,9H2,1-2H3. The van der Waals surface area contributed by atoms with Gasteiger partial charge in [0, 0.05) is 4.90 Å². The second-order valence-corrected chi connectivity index (χ2v) is 4.11. The maximum atomic E-state index is 11.2. The highest BCUT2D eigenvalue weighted by molar-refractivity contribution is 7.98. The van der Waals surface area contributed by atoms with Crippen LogP contribution >= 0.6 is 11.8 Å². The molecule has 0 amide bonds. The molecule has 3 nitrogen and oxygen atoms in total. The summed E-state index contributed by atoms with van der Waals surface area (Å²) < 4.78 is 9.87. The van der Waals surface area contributed by atoms with Crippen molar-refractivity contribution in [1.29, 1.82) is 0 Å². The van der Waals surface area contributed by atoms with Crippen molar-refractivity contribution in [3.63, 3.8) is 0 Å². The molecule has 4 heteroatoms. The van der Waals surface area contributed by atoms with Crippen LogP contribution in [0.25, 0.3) is 0 Å². The largest absolute Gasteiger partial charge is 0.513 e. The van der Waals surface area contributed by atoms with Crippen molar-refractivity contribution in [3.8, 4) is 5.75 Å². The summed E-state index contributed by atoms with van der Waals surface area (Å²) in [6, 6.07) is 7.32. The van der Waals surface area contributed by atoms with Gasteiger partial charge in [0.25, 0.3) is 0 Å². The summed E-state index contributed by atoms with van der Waals surface area (Å²) in [6.07, 6.45) is 3.22. The number of hydrogen-bond acceptors (Lipinski definition) is 4. The molecule has 0 fully saturated rings. The van der Waals surface area contributed by atoms with E-state index >= 15 is 0 Å². The van der Waals surface area contributed by atoms with E-state index < -0.39 is 6.16 Å². The van der Waals surface area contributed by atoms with Crippen LogP contribution in [0.4, 0.5) is 4.79 Å². The van der Waals surface area contributed by atoms with Gasteiger partial charge in [-0.05, 0) is 36.9 Å². The van der Waals surface area contributed by atoms with Crippen LogP contribution in [0, 0.1) is 0 Å². The number of benzene rings is 1. The third kappa shape index (κ3) is 4.57. The van der Waals surface area contributed by atoms with E-state index in [1.54, 1.807) is 23.9 Å². The number of hydrogen-bond donors (Lipinski definition) is 0. The van der Waals surface area contributed by atoms with Gasteiger partial charge in [0.2, 0.25) is 0 Å². The third-order valence-electron chi connectivity index (χ3n) is 1.98. The van der Waals surface area contributed by atoms with Crippen molar-refractivity contribution < 1.29 is 14.3 Å². The molecule has 0 aliphatic rings. The summed E-state index contributed by atoms with van der Waals surface area (Å²) >= 11 is 1.64. The molecule has 0 atom stereocenters. The van der Waals surface area contributed by atoms with Crippen LogP contribution in [0.15, 0.2) is 29.2 Å². The first-order valence-corrected chi connectivity index (χ1v) is 6.47. The Bertz CT molecular complexity index is 322. The summed E-state index contributed by atoms with van der Waals surface area (Å²) in [5, 5.41) is 0. The van der Waals surface area contributed by atoms with E-state index in [0.717, 1.165) is 17.7 Å². The van der Waals surface area contributed by atoms with Crippen LogP contribution in [-0.4, -0.2) is 19.0 Å². The zero-order valence-corrected chi connectivity index (χ0v) is 10.4. The first-order valence-electron chi connectivity index (χ1n) is 5.25. The average molecular weight is 240 g/mol. The van der Waals surface area contributed by atoms with Crippen LogP contribution in [0.5, 0.6) is 5.75 Å². The van der Waals surface area contributed by atoms with Gasteiger partial charge >= 0.3 is 6.16 Å². The Morgan fingerprint density at radius 2 is 2.00 bits per heavy atom. The second-order valence-electron chi connectivity index (χ2n) is 3.23. The zero-order valence-electron chi connectivity index (χ0n) is 9.56. The molecule has 0 heterocycles. The van der Waals surface area contributed by atoms with Crippen molar-refractivity contribution >= 4 is 17.9 Å². The second kappa shape index (κ2) is 7.17. The van der Waals surface area contributed by atoms with Crippen LogP contribution < -0.4 is 4.74 Å². The Morgan fingerprint density at radius 3 is 2.56 bits per heavy atom. The van der Waals surface area contributed by atoms with Gasteiger partial charge in [-0.3, -0.25) is 0 Å². The monoisotopic (exact) mass is 240 g/mol. The lowest BCUT2D eigenvalue weighted by molar-refractivity contribution is 0.0978. The van der Waals surface area contributed by atoms with E-state index in [1.165, 1.54) is 0 Å². The number of thioether (sulfide) groups is 1. The summed E-state index contributed by atoms with van der Waals surface area (Å²) in [5.41, 5.74) is 0. The van der Waals surface area contributed by atoms with E-state index in [4.69, 9.17) is 9.47 Å². The molecule has 0 N–H and O–H groups in total. The number of unbranched alkanes of at least 4 members (excludes halogenated alkanes) is 1. The lowest BCUT2D eigenvalue weighted by atomic mass is 10.3. The van der Waals surface area contributed by atoms with Gasteiger partial charge in [-0.15, -0.1) is 11.8 Å². The molecular formula is C12H16O3S. The smallest absolute Gasteiger partial charge is 0.434 e. The highest BCUT2D eigenvalue weighted by atomic mass is 32.2. The Hall–Kier alpha value is -1.16. The quantitative estimate of drug-likeness (QED) is 0.340. The fraction of sp³-hybridized carbons (Fsp3) is 0.417. The maximum Gasteiger partial charge on any atom is 0.513 e. The molecule has 88 valence electrons. The molecule has 0 spiro atoms. The van der Waals surface area contributed by atoms with Gasteiger partial charge in [-0.25, -0.2) is 4.79 Å². The molecule has 1 aromatic rings. The Morgan fingerprint density at radius 1 is 1.31 bits per heavy atom. The Balaban J connectivity index is 2.37. The summed E-state index contributed by atoms with van der Waals surface area (Å²) in [7, 11) is 0. The number of rotatable bonds is 5. The molecular weight excluding hydrogens is 224 g/mol. The molecule has 0 saturated carbocycles. The van der Waals surface area contributed by atoms with Crippen molar-refractivity contribution in [2.24, 2.45) is 0 Å². The molecule has 0 aromatic heterocycles. The van der Waals surface area contributed by atoms with E-state index in [-0.39, 0.29) is 0 Å². The molecule has 1 rings (SSSR count). The van der Waals surface area contributed by atoms with Gasteiger partial charge in [0.1, 0.15) is 5.75 Å². The third-order valence-corrected chi connectivity index (χ3v) is 2.72. The molecule has 0 aliphatic heterocycles. The molecule has 0 radical (unpaired) electrons. The van der Waals surface area contributed by atoms with E-state index in [2.05, 4.69) is 0 Å². The number of carbonyl (C=O) groups is 1. The van der Waals surface area contributed by atoms with E-state index in [1.807, 2.05) is 25.3 Å². The minimum absolute atomic E-state index is 0.415. The van der Waals surface area contributed by atoms with E-state index in [9.17, 15) is 4.79 Å². The van der Waals surface area contributed by atoms with Gasteiger partial charge in [0.15, 0.2) is 0 Å². The summed E-state index contributed by atoms with van der Waals surface area (Å²) in [6.45, 7) is 2.45. The van der Waals surface area contributed by atoms with Crippen LogP contribution in [0.3, 0.4) is 0 Å². The predicted octanol–water partition coefficient (Wildman–Crippen LogP) is 3.72. The van der Waals surface area contributed by atoms with Gasteiger partial charge in [0.05, 0.1) is 6.61 Å². The maximum absolute atomic E-state index is 11.2. The van der Waals surface area contributed by atoms with Crippen molar-refractivity contribution in [2.75, 3.05) is 12.9 Å². The van der Waals surface area contributed by atoms with E-state index in [0.29, 0.717) is 12.4 Å². The normalized spacial score (nSPS) is 9.88. The highest BCUT2D eigenvalue weighted by Gasteiger charge is 2.05. The Kier molecular flexibility index (Phi) is 5.78. The van der Waals surface area contributed by atoms with Crippen LogP contribution in [-0.2, 0) is 4.74 Å². The SMILES string of the molecule is CCCCOC(=O)Oc1ccc(SC)cc1. The van der Waals surface area contributed by atoms with Gasteiger partial charge < -0.3 is 9.47 Å². The minimum atomic E-state index is -0.634. The topological polar surface area (TPSA) is 35.5 Å². The first kappa shape index (κ1) is 12.9. The van der Waals surface area contributed by atoms with Crippen LogP contribution in [0.1, 0.15) is 19.8 Å². The molecule has 16 heavy (non-hydrogen) atoms. The molecule has 0 unspecified atom stereocenters. The Labute approximate surface area is 100 Å². The summed E-state index contributed by atoms with van der Waals surface area (Å²) in [5.74, 6) is 0.513. The van der Waals surface area contributed by atoms with Gasteiger partial charge in [-0.2, -0.15) is 0 Å². The number of carbonyl (C=O) groups excluding carboxylic acids is 1. The lowest BCUT2D eigenvalue weighted by Gasteiger charge is -2.05. The zero-order chi connectivity index (χ0) is 11.8. The fourth-order valence-corrected chi connectivity index (χ4v) is 1.48. The molecule has 0 bridgehead atoms. The minimum Gasteiger partial charge on any atom is -0.434 e. The van der Waals surface area contributed by atoms with Crippen molar-refractivity contribution in [3.05, 3.63) is 24.3 Å². The molecule has 1 aromatic carbocycles. The first-order chi connectivity index (χ1) is 7.76. The molecule has 0 saturated heterocycles. The van der Waals surface area contributed by atoms with Crippen LogP contribution in [0.2, 0.25) is 0 Å². The average Bonchev–Trinajstić information content (AvgIpc) is 2.30. The number of ether oxygens (including phenoxy) is 2. The van der Waals surface area contributed by atoms with Crippen molar-refractivity contribution in [2.45, 2.75) is 24.7 Å².